The van der Waals surface area contributed by atoms with Crippen LogP contribution < -0.4 is 3.71 Å². The van der Waals surface area contributed by atoms with Gasteiger partial charge in [-0.15, -0.1) is 0 Å². The summed E-state index contributed by atoms with van der Waals surface area (Å²) in [4.78, 5) is 16.0. The molecule has 0 saturated heterocycles. The summed E-state index contributed by atoms with van der Waals surface area (Å²) in [6.45, 7) is 4.04. The normalized spacial score (nSPS) is 11.8. The molecule has 0 aliphatic carbocycles. The average Bonchev–Trinajstić information content (AvgIpc) is 1.92. The van der Waals surface area contributed by atoms with Gasteiger partial charge >= 0.3 is 78.3 Å². The molecule has 1 heterocycles. The number of hydrogen-bond acceptors (Lipinski definition) is 2. The van der Waals surface area contributed by atoms with Gasteiger partial charge < -0.3 is 0 Å². The molecule has 0 spiro atoms. The molecule has 66 valence electrons. The summed E-state index contributed by atoms with van der Waals surface area (Å²) in [5.41, 5.74) is 2.13. The van der Waals surface area contributed by atoms with E-state index in [0.29, 0.717) is 0 Å². The van der Waals surface area contributed by atoms with Crippen molar-refractivity contribution in [3.63, 3.8) is 0 Å². The second kappa shape index (κ2) is 3.32. The quantitative estimate of drug-likeness (QED) is 0.725. The molecular weight excluding hydrogens is 255 g/mol. The number of aryl methyl sites for hydroxylation is 2. The standard InChI is InChI=1S/C6H7N2.3CH3.Sn/c1-5-6(2)8-4-3-7-5;;;;/h3H,1-2H3;3*1H3;. The molecule has 1 aromatic rings. The molecule has 0 radical (unpaired) electrons. The van der Waals surface area contributed by atoms with E-state index in [-0.39, 0.29) is 0 Å². The number of hydrogen-bond donors (Lipinski definition) is 0. The van der Waals surface area contributed by atoms with Gasteiger partial charge in [0, 0.05) is 0 Å². The fourth-order valence-corrected chi connectivity index (χ4v) is 3.63. The van der Waals surface area contributed by atoms with Gasteiger partial charge in [0.2, 0.25) is 0 Å². The van der Waals surface area contributed by atoms with Crippen molar-refractivity contribution in [1.29, 1.82) is 0 Å². The molecule has 1 rings (SSSR count). The Kier molecular flexibility index (Phi) is 2.76. The van der Waals surface area contributed by atoms with E-state index in [9.17, 15) is 0 Å². The Balaban J connectivity index is 3.14. The molecule has 3 heteroatoms. The van der Waals surface area contributed by atoms with Gasteiger partial charge in [-0.25, -0.2) is 0 Å². The SMILES string of the molecule is Cc1nc[c]([Sn]([CH3])([CH3])[CH3])nc1C. The first-order valence-corrected chi connectivity index (χ1v) is 14.2. The molecule has 0 fully saturated rings. The van der Waals surface area contributed by atoms with Gasteiger partial charge in [0.05, 0.1) is 0 Å². The number of aromatic nitrogens is 2. The molecule has 1 aromatic heterocycles. The summed E-state index contributed by atoms with van der Waals surface area (Å²) >= 11 is -1.96. The van der Waals surface area contributed by atoms with Crippen molar-refractivity contribution >= 4 is 22.1 Å². The molecule has 0 amide bonds. The molecule has 12 heavy (non-hydrogen) atoms. The minimum atomic E-state index is -1.96. The van der Waals surface area contributed by atoms with Gasteiger partial charge in [-0.2, -0.15) is 0 Å². The van der Waals surface area contributed by atoms with Crippen LogP contribution >= 0.6 is 0 Å². The summed E-state index contributed by atoms with van der Waals surface area (Å²) in [6, 6.07) is 0. The monoisotopic (exact) mass is 272 g/mol. The van der Waals surface area contributed by atoms with Crippen LogP contribution in [0.3, 0.4) is 0 Å². The molecule has 0 aromatic carbocycles. The Labute approximate surface area is 78.3 Å². The van der Waals surface area contributed by atoms with Crippen molar-refractivity contribution < 1.29 is 0 Å². The molecule has 0 N–H and O–H groups in total. The third-order valence-electron chi connectivity index (χ3n) is 1.96. The molecular formula is C9H16N2Sn. The van der Waals surface area contributed by atoms with Crippen LogP contribution in [0.1, 0.15) is 11.4 Å². The van der Waals surface area contributed by atoms with Crippen molar-refractivity contribution in [2.45, 2.75) is 28.7 Å². The minimum absolute atomic E-state index is 1.05. The molecule has 0 aliphatic rings. The van der Waals surface area contributed by atoms with E-state index in [1.54, 1.807) is 0 Å². The zero-order chi connectivity index (χ0) is 9.35. The zero-order valence-electron chi connectivity index (χ0n) is 8.47. The summed E-state index contributed by atoms with van der Waals surface area (Å²) in [5, 5.41) is 0. The fraction of sp³-hybridized carbons (Fsp3) is 0.556. The Morgan fingerprint density at radius 1 is 1.08 bits per heavy atom. The maximum atomic E-state index is 4.57. The second-order valence-corrected chi connectivity index (χ2v) is 18.5. The van der Waals surface area contributed by atoms with Gasteiger partial charge in [-0.05, 0) is 0 Å². The third kappa shape index (κ3) is 2.19. The van der Waals surface area contributed by atoms with Crippen LogP contribution in [-0.2, 0) is 0 Å². The molecule has 0 atom stereocenters. The average molecular weight is 271 g/mol. The summed E-state index contributed by atoms with van der Waals surface area (Å²) in [5.74, 6) is 0. The number of nitrogens with zero attached hydrogens (tertiary/aromatic N) is 2. The molecule has 0 aliphatic heterocycles. The molecule has 0 bridgehead atoms. The molecule has 2 nitrogen and oxygen atoms in total. The van der Waals surface area contributed by atoms with E-state index in [2.05, 4.69) is 24.8 Å². The van der Waals surface area contributed by atoms with E-state index in [1.807, 2.05) is 20.0 Å². The first kappa shape index (κ1) is 9.96. The summed E-state index contributed by atoms with van der Waals surface area (Å²) in [7, 11) is 0. The van der Waals surface area contributed by atoms with Crippen LogP contribution in [0.5, 0.6) is 0 Å². The van der Waals surface area contributed by atoms with Crippen molar-refractivity contribution in [3.05, 3.63) is 17.6 Å². The Morgan fingerprint density at radius 2 is 1.67 bits per heavy atom. The third-order valence-corrected chi connectivity index (χ3v) is 7.03. The van der Waals surface area contributed by atoms with E-state index < -0.39 is 18.4 Å². The molecule has 0 unspecified atom stereocenters. The predicted molar refractivity (Wildman–Crippen MR) is 54.5 cm³/mol. The van der Waals surface area contributed by atoms with Crippen molar-refractivity contribution in [1.82, 2.24) is 9.97 Å². The first-order chi connectivity index (χ1) is 5.41. The zero-order valence-corrected chi connectivity index (χ0v) is 11.3. The topological polar surface area (TPSA) is 25.8 Å². The first-order valence-electron chi connectivity index (χ1n) is 4.22. The fourth-order valence-electron chi connectivity index (χ4n) is 0.903. The van der Waals surface area contributed by atoms with Crippen LogP contribution in [0.15, 0.2) is 6.20 Å². The van der Waals surface area contributed by atoms with E-state index in [1.165, 1.54) is 3.71 Å². The second-order valence-electron chi connectivity index (χ2n) is 4.18. The Morgan fingerprint density at radius 3 is 2.08 bits per heavy atom. The summed E-state index contributed by atoms with van der Waals surface area (Å²) in [6.07, 6.45) is 1.96. The van der Waals surface area contributed by atoms with E-state index in [4.69, 9.17) is 0 Å². The Bertz CT molecular complexity index is 289. The number of rotatable bonds is 1. The van der Waals surface area contributed by atoms with Crippen molar-refractivity contribution in [3.8, 4) is 0 Å². The van der Waals surface area contributed by atoms with Crippen molar-refractivity contribution in [2.24, 2.45) is 0 Å². The van der Waals surface area contributed by atoms with Gasteiger partial charge in [0.25, 0.3) is 0 Å². The van der Waals surface area contributed by atoms with E-state index >= 15 is 0 Å². The van der Waals surface area contributed by atoms with Crippen molar-refractivity contribution in [2.75, 3.05) is 0 Å². The Hall–Kier alpha value is -0.121. The van der Waals surface area contributed by atoms with Crippen LogP contribution in [0, 0.1) is 13.8 Å². The van der Waals surface area contributed by atoms with Crippen LogP contribution in [0.2, 0.25) is 14.8 Å². The summed E-state index contributed by atoms with van der Waals surface area (Å²) < 4.78 is 1.27. The van der Waals surface area contributed by atoms with Gasteiger partial charge in [0.1, 0.15) is 0 Å². The van der Waals surface area contributed by atoms with Gasteiger partial charge in [-0.3, -0.25) is 0 Å². The maximum absolute atomic E-state index is 4.57. The predicted octanol–water partition coefficient (Wildman–Crippen LogP) is 1.64. The molecule has 0 saturated carbocycles. The van der Waals surface area contributed by atoms with Crippen LogP contribution in [-0.4, -0.2) is 28.3 Å². The van der Waals surface area contributed by atoms with E-state index in [0.717, 1.165) is 11.4 Å². The van der Waals surface area contributed by atoms with Crippen LogP contribution in [0.4, 0.5) is 0 Å². The van der Waals surface area contributed by atoms with Crippen LogP contribution in [0.25, 0.3) is 0 Å². The van der Waals surface area contributed by atoms with Gasteiger partial charge in [0.15, 0.2) is 0 Å². The van der Waals surface area contributed by atoms with Gasteiger partial charge in [-0.1, -0.05) is 0 Å².